The minimum atomic E-state index is -4.82. The molecule has 1 aromatic heterocycles. The van der Waals surface area contributed by atoms with E-state index in [1.165, 1.54) is 0 Å². The van der Waals surface area contributed by atoms with Crippen LogP contribution in [0.15, 0.2) is 54.6 Å². The van der Waals surface area contributed by atoms with Gasteiger partial charge >= 0.3 is 6.18 Å². The van der Waals surface area contributed by atoms with Crippen LogP contribution in [0.3, 0.4) is 0 Å². The minimum Gasteiger partial charge on any atom is -0.378 e. The predicted molar refractivity (Wildman–Crippen MR) is 113 cm³/mol. The fourth-order valence-corrected chi connectivity index (χ4v) is 4.09. The summed E-state index contributed by atoms with van der Waals surface area (Å²) in [6.07, 6.45) is -3.27. The molecule has 7 heteroatoms. The van der Waals surface area contributed by atoms with Crippen molar-refractivity contribution in [3.8, 4) is 0 Å². The number of hydrogen-bond donors (Lipinski definition) is 2. The molecule has 0 amide bonds. The Morgan fingerprint density at radius 1 is 1.03 bits per heavy atom. The summed E-state index contributed by atoms with van der Waals surface area (Å²) in [5, 5.41) is 14.6. The Balaban J connectivity index is 2.15. The van der Waals surface area contributed by atoms with Crippen molar-refractivity contribution in [2.45, 2.75) is 31.7 Å². The molecule has 3 aromatic rings. The summed E-state index contributed by atoms with van der Waals surface area (Å²) in [5.41, 5.74) is 0.322. The number of alkyl halides is 3. The number of nitrogens with one attached hydrogen (secondary N) is 1. The van der Waals surface area contributed by atoms with Crippen LogP contribution >= 0.6 is 11.8 Å². The van der Waals surface area contributed by atoms with Crippen LogP contribution in [-0.4, -0.2) is 33.9 Å². The number of aliphatic hydroxyl groups is 1. The van der Waals surface area contributed by atoms with Crippen molar-refractivity contribution < 1.29 is 18.3 Å². The van der Waals surface area contributed by atoms with E-state index in [0.717, 1.165) is 23.0 Å². The molecule has 0 bridgehead atoms. The summed E-state index contributed by atoms with van der Waals surface area (Å²) in [7, 11) is 0. The van der Waals surface area contributed by atoms with Gasteiger partial charge in [-0.1, -0.05) is 35.9 Å². The molecule has 2 atom stereocenters. The first-order chi connectivity index (χ1) is 13.7. The zero-order valence-electron chi connectivity index (χ0n) is 16.4. The highest BCUT2D eigenvalue weighted by Gasteiger charge is 2.58. The summed E-state index contributed by atoms with van der Waals surface area (Å²) in [6, 6.07) is 14.2. The molecule has 0 fully saturated rings. The molecule has 2 N–H and O–H groups in total. The molecule has 0 aliphatic rings. The van der Waals surface area contributed by atoms with Crippen molar-refractivity contribution in [2.24, 2.45) is 0 Å². The third-order valence-corrected chi connectivity index (χ3v) is 5.64. The summed E-state index contributed by atoms with van der Waals surface area (Å²) >= 11 is 0.955. The number of pyridine rings is 1. The summed E-state index contributed by atoms with van der Waals surface area (Å²) in [6.45, 7) is 3.72. The molecule has 0 aliphatic carbocycles. The van der Waals surface area contributed by atoms with Gasteiger partial charge in [-0.05, 0) is 49.9 Å². The molecule has 0 spiro atoms. The number of fused-ring (bicyclic) bond motifs is 1. The number of rotatable bonds is 6. The van der Waals surface area contributed by atoms with Crippen molar-refractivity contribution in [1.29, 1.82) is 0 Å². The van der Waals surface area contributed by atoms with E-state index in [9.17, 15) is 18.3 Å². The van der Waals surface area contributed by atoms with Crippen LogP contribution in [0.5, 0.6) is 0 Å². The normalized spacial score (nSPS) is 15.1. The van der Waals surface area contributed by atoms with Gasteiger partial charge in [-0.25, -0.2) is 0 Å². The number of anilines is 1. The van der Waals surface area contributed by atoms with E-state index in [4.69, 9.17) is 0 Å². The number of nitrogens with zero attached hydrogens (tertiary/aromatic N) is 1. The van der Waals surface area contributed by atoms with E-state index in [0.29, 0.717) is 22.2 Å². The van der Waals surface area contributed by atoms with E-state index < -0.39 is 23.6 Å². The maximum absolute atomic E-state index is 14.1. The van der Waals surface area contributed by atoms with Crippen LogP contribution in [0.2, 0.25) is 0 Å². The van der Waals surface area contributed by atoms with Gasteiger partial charge in [0.15, 0.2) is 5.60 Å². The maximum Gasteiger partial charge on any atom is 0.420 e. The van der Waals surface area contributed by atoms with Gasteiger partial charge in [0.25, 0.3) is 0 Å². The summed E-state index contributed by atoms with van der Waals surface area (Å²) < 4.78 is 42.2. The lowest BCUT2D eigenvalue weighted by molar-refractivity contribution is -0.256. The topological polar surface area (TPSA) is 45.1 Å². The van der Waals surface area contributed by atoms with Crippen molar-refractivity contribution in [3.05, 3.63) is 71.4 Å². The quantitative estimate of drug-likeness (QED) is 0.540. The Morgan fingerprint density at radius 3 is 2.34 bits per heavy atom. The Kier molecular flexibility index (Phi) is 6.10. The van der Waals surface area contributed by atoms with Gasteiger partial charge in [0.1, 0.15) is 0 Å². The Labute approximate surface area is 172 Å². The van der Waals surface area contributed by atoms with Gasteiger partial charge < -0.3 is 10.4 Å². The largest absolute Gasteiger partial charge is 0.420 e. The molecular weight excluding hydrogens is 397 g/mol. The van der Waals surface area contributed by atoms with Crippen LogP contribution < -0.4 is 5.32 Å². The summed E-state index contributed by atoms with van der Waals surface area (Å²) in [4.78, 5) is 4.45. The SMILES string of the molecule is CSCC(O)(C(Nc1cccc2nc(C)ccc12)c1ccc(C)cc1)C(F)(F)F. The average Bonchev–Trinajstić information content (AvgIpc) is 2.66. The monoisotopic (exact) mass is 420 g/mol. The molecule has 3 rings (SSSR count). The standard InChI is InChI=1S/C22H23F3N2OS/c1-14-7-10-16(11-8-14)20(21(28,13-29-3)22(23,24)25)27-19-6-4-5-18-17(19)12-9-15(2)26-18/h4-12,20,27-28H,13H2,1-3H3. The first-order valence-electron chi connectivity index (χ1n) is 9.13. The van der Waals surface area contributed by atoms with Gasteiger partial charge in [0.2, 0.25) is 0 Å². The fraction of sp³-hybridized carbons (Fsp3) is 0.318. The molecule has 2 unspecified atom stereocenters. The number of benzene rings is 2. The first kappa shape index (κ1) is 21.5. The van der Waals surface area contributed by atoms with Crippen molar-refractivity contribution in [3.63, 3.8) is 0 Å². The van der Waals surface area contributed by atoms with E-state index >= 15 is 0 Å². The van der Waals surface area contributed by atoms with E-state index in [-0.39, 0.29) is 0 Å². The third kappa shape index (κ3) is 4.36. The molecule has 154 valence electrons. The number of hydrogen-bond acceptors (Lipinski definition) is 4. The molecule has 29 heavy (non-hydrogen) atoms. The minimum absolute atomic E-state index is 0.363. The van der Waals surface area contributed by atoms with Gasteiger partial charge in [-0.15, -0.1) is 0 Å². The molecule has 3 nitrogen and oxygen atoms in total. The fourth-order valence-electron chi connectivity index (χ4n) is 3.32. The number of halogens is 3. The van der Waals surface area contributed by atoms with Crippen LogP contribution in [0.4, 0.5) is 18.9 Å². The average molecular weight is 421 g/mol. The number of thioether (sulfide) groups is 1. The van der Waals surface area contributed by atoms with Gasteiger partial charge in [-0.3, -0.25) is 4.98 Å². The van der Waals surface area contributed by atoms with Crippen molar-refractivity contribution in [2.75, 3.05) is 17.3 Å². The van der Waals surface area contributed by atoms with E-state index in [1.54, 1.807) is 42.7 Å². The first-order valence-corrected chi connectivity index (χ1v) is 10.5. The Bertz CT molecular complexity index is 992. The zero-order valence-corrected chi connectivity index (χ0v) is 17.2. The smallest absolute Gasteiger partial charge is 0.378 e. The lowest BCUT2D eigenvalue weighted by Crippen LogP contribution is -2.54. The summed E-state index contributed by atoms with van der Waals surface area (Å²) in [5.74, 6) is -0.496. The van der Waals surface area contributed by atoms with Gasteiger partial charge in [0.05, 0.1) is 11.6 Å². The second kappa shape index (κ2) is 8.24. The Morgan fingerprint density at radius 2 is 1.72 bits per heavy atom. The van der Waals surface area contributed by atoms with Crippen molar-refractivity contribution >= 4 is 28.4 Å². The second-order valence-electron chi connectivity index (χ2n) is 7.17. The molecule has 0 saturated heterocycles. The molecule has 0 aliphatic heterocycles. The molecular formula is C22H23F3N2OS. The van der Waals surface area contributed by atoms with Crippen molar-refractivity contribution in [1.82, 2.24) is 4.98 Å². The molecule has 0 saturated carbocycles. The lowest BCUT2D eigenvalue weighted by atomic mass is 9.88. The van der Waals surface area contributed by atoms with Gasteiger partial charge in [-0.2, -0.15) is 24.9 Å². The highest BCUT2D eigenvalue weighted by Crippen LogP contribution is 2.44. The van der Waals surface area contributed by atoms with Crippen LogP contribution in [-0.2, 0) is 0 Å². The predicted octanol–water partition coefficient (Wildman–Crippen LogP) is 5.66. The van der Waals surface area contributed by atoms with Crippen LogP contribution in [0.25, 0.3) is 10.9 Å². The Hall–Kier alpha value is -2.25. The lowest BCUT2D eigenvalue weighted by Gasteiger charge is -2.38. The second-order valence-corrected chi connectivity index (χ2v) is 8.03. The molecule has 1 heterocycles. The van der Waals surface area contributed by atoms with Crippen LogP contribution in [0, 0.1) is 13.8 Å². The third-order valence-electron chi connectivity index (χ3n) is 4.91. The highest BCUT2D eigenvalue weighted by atomic mass is 32.2. The van der Waals surface area contributed by atoms with E-state index in [1.807, 2.05) is 32.0 Å². The number of aromatic nitrogens is 1. The van der Waals surface area contributed by atoms with E-state index in [2.05, 4.69) is 10.3 Å². The molecule has 2 aromatic carbocycles. The molecule has 0 radical (unpaired) electrons. The number of aryl methyl sites for hydroxylation is 2. The van der Waals surface area contributed by atoms with Gasteiger partial charge in [0, 0.05) is 22.5 Å². The highest BCUT2D eigenvalue weighted by molar-refractivity contribution is 7.98. The maximum atomic E-state index is 14.1. The zero-order chi connectivity index (χ0) is 21.2. The van der Waals surface area contributed by atoms with Crippen LogP contribution in [0.1, 0.15) is 22.9 Å².